The summed E-state index contributed by atoms with van der Waals surface area (Å²) in [6.07, 6.45) is 2.05. The van der Waals surface area contributed by atoms with E-state index in [9.17, 15) is 0 Å². The molecular weight excluding hydrogens is 282 g/mol. The number of nitrogens with one attached hydrogen (secondary N) is 1. The van der Waals surface area contributed by atoms with Gasteiger partial charge in [-0.1, -0.05) is 28.1 Å². The van der Waals surface area contributed by atoms with Crippen LogP contribution in [0.2, 0.25) is 0 Å². The highest BCUT2D eigenvalue weighted by molar-refractivity contribution is 9.10. The molecular formula is C11H18BrN5. The molecule has 1 rings (SSSR count). The molecule has 0 fully saturated rings. The summed E-state index contributed by atoms with van der Waals surface area (Å²) in [4.78, 5) is 0. The van der Waals surface area contributed by atoms with Crippen molar-refractivity contribution in [3.05, 3.63) is 34.3 Å². The van der Waals surface area contributed by atoms with E-state index in [0.29, 0.717) is 0 Å². The molecule has 0 radical (unpaired) electrons. The quantitative estimate of drug-likeness (QED) is 0.319. The number of nitrogens with zero attached hydrogens (tertiary/aromatic N) is 2. The van der Waals surface area contributed by atoms with Crippen LogP contribution in [-0.2, 0) is 0 Å². The molecule has 0 amide bonds. The van der Waals surface area contributed by atoms with Crippen molar-refractivity contribution in [2.45, 2.75) is 12.5 Å². The van der Waals surface area contributed by atoms with E-state index in [1.807, 2.05) is 31.3 Å². The lowest BCUT2D eigenvalue weighted by Gasteiger charge is -2.25. The Morgan fingerprint density at radius 2 is 2.12 bits per heavy atom. The van der Waals surface area contributed by atoms with Crippen LogP contribution in [0.3, 0.4) is 0 Å². The summed E-state index contributed by atoms with van der Waals surface area (Å²) < 4.78 is 1.04. The Morgan fingerprint density at radius 1 is 1.47 bits per heavy atom. The van der Waals surface area contributed by atoms with Gasteiger partial charge in [0.2, 0.25) is 0 Å². The van der Waals surface area contributed by atoms with Crippen molar-refractivity contribution in [3.8, 4) is 0 Å². The third kappa shape index (κ3) is 4.33. The molecule has 0 aromatic heterocycles. The zero-order valence-corrected chi connectivity index (χ0v) is 11.4. The minimum atomic E-state index is 0.00958. The van der Waals surface area contributed by atoms with Crippen molar-refractivity contribution in [1.82, 2.24) is 10.4 Å². The van der Waals surface area contributed by atoms with E-state index < -0.39 is 0 Å². The predicted octanol–water partition coefficient (Wildman–Crippen LogP) is 1.18. The number of halogens is 1. The smallest absolute Gasteiger partial charge is 0.107 e. The molecule has 0 aliphatic rings. The fraction of sp³-hybridized carbons (Fsp3) is 0.364. The second-order valence-electron chi connectivity index (χ2n) is 3.60. The van der Waals surface area contributed by atoms with E-state index in [1.165, 1.54) is 11.5 Å². The molecule has 0 saturated carbocycles. The number of rotatable bonds is 6. The molecule has 5 nitrogen and oxygen atoms in total. The Bertz CT molecular complexity index is 351. The molecule has 1 aromatic rings. The average Bonchev–Trinajstić information content (AvgIpc) is 2.32. The lowest BCUT2D eigenvalue weighted by atomic mass is 10.0. The van der Waals surface area contributed by atoms with Crippen LogP contribution in [0.5, 0.6) is 0 Å². The summed E-state index contributed by atoms with van der Waals surface area (Å²) in [5.41, 5.74) is 6.37. The molecule has 6 heteroatoms. The predicted molar refractivity (Wildman–Crippen MR) is 74.1 cm³/mol. The highest BCUT2D eigenvalue weighted by atomic mass is 79.9. The summed E-state index contributed by atoms with van der Waals surface area (Å²) in [7, 11) is 1.91. The standard InChI is InChI=1S/C11H18BrN5/c1-15-7-6-11(17(14)16-8-13)9-2-4-10(12)5-3-9/h2-5,8,11,15H,6-7,14H2,1H3,(H2,13,16). The molecule has 0 aliphatic heterocycles. The van der Waals surface area contributed by atoms with Crippen LogP contribution in [0.25, 0.3) is 0 Å². The Balaban J connectivity index is 2.84. The molecule has 0 heterocycles. The second kappa shape index (κ2) is 7.26. The number of hydrazone groups is 1. The molecule has 0 saturated heterocycles. The van der Waals surface area contributed by atoms with Gasteiger partial charge in [0.05, 0.1) is 6.04 Å². The van der Waals surface area contributed by atoms with Gasteiger partial charge in [-0.3, -0.25) is 0 Å². The number of hydrogen-bond donors (Lipinski definition) is 3. The Kier molecular flexibility index (Phi) is 5.96. The van der Waals surface area contributed by atoms with E-state index >= 15 is 0 Å². The van der Waals surface area contributed by atoms with Crippen LogP contribution in [0.1, 0.15) is 18.0 Å². The lowest BCUT2D eigenvalue weighted by molar-refractivity contribution is 0.201. The normalized spacial score (nSPS) is 12.9. The third-order valence-corrected chi connectivity index (χ3v) is 2.97. The van der Waals surface area contributed by atoms with Crippen LogP contribution in [0, 0.1) is 0 Å². The first-order valence-electron chi connectivity index (χ1n) is 5.37. The third-order valence-electron chi connectivity index (χ3n) is 2.44. The molecule has 1 unspecified atom stereocenters. The lowest BCUT2D eigenvalue weighted by Crippen LogP contribution is -2.32. The first-order valence-corrected chi connectivity index (χ1v) is 6.16. The zero-order chi connectivity index (χ0) is 12.7. The highest BCUT2D eigenvalue weighted by Crippen LogP contribution is 2.23. The maximum Gasteiger partial charge on any atom is 0.107 e. The van der Waals surface area contributed by atoms with E-state index in [0.717, 1.165) is 23.0 Å². The second-order valence-corrected chi connectivity index (χ2v) is 4.52. The Hall–Kier alpha value is -1.11. The molecule has 17 heavy (non-hydrogen) atoms. The fourth-order valence-corrected chi connectivity index (χ4v) is 1.84. The van der Waals surface area contributed by atoms with Gasteiger partial charge >= 0.3 is 0 Å². The molecule has 1 aromatic carbocycles. The van der Waals surface area contributed by atoms with Crippen molar-refractivity contribution in [2.24, 2.45) is 16.7 Å². The SMILES string of the molecule is CNCCC(c1ccc(Br)cc1)N(N)/N=C\N. The summed E-state index contributed by atoms with van der Waals surface area (Å²) in [6, 6.07) is 8.03. The molecule has 94 valence electrons. The van der Waals surface area contributed by atoms with Crippen molar-refractivity contribution >= 4 is 22.3 Å². The van der Waals surface area contributed by atoms with Gasteiger partial charge in [-0.15, -0.1) is 0 Å². The highest BCUT2D eigenvalue weighted by Gasteiger charge is 2.15. The van der Waals surface area contributed by atoms with Crippen molar-refractivity contribution in [2.75, 3.05) is 13.6 Å². The van der Waals surface area contributed by atoms with Crippen LogP contribution in [-0.4, -0.2) is 25.0 Å². The van der Waals surface area contributed by atoms with Gasteiger partial charge in [0.25, 0.3) is 0 Å². The Labute approximate surface area is 110 Å². The largest absolute Gasteiger partial charge is 0.388 e. The average molecular weight is 300 g/mol. The molecule has 0 spiro atoms. The number of hydrogen-bond acceptors (Lipinski definition) is 4. The van der Waals surface area contributed by atoms with Crippen molar-refractivity contribution in [1.29, 1.82) is 0 Å². The van der Waals surface area contributed by atoms with Gasteiger partial charge in [0.1, 0.15) is 6.34 Å². The minimum absolute atomic E-state index is 0.00958. The summed E-state index contributed by atoms with van der Waals surface area (Å²) in [5.74, 6) is 5.86. The monoisotopic (exact) mass is 299 g/mol. The van der Waals surface area contributed by atoms with Crippen LogP contribution >= 0.6 is 15.9 Å². The minimum Gasteiger partial charge on any atom is -0.388 e. The van der Waals surface area contributed by atoms with E-state index in [1.54, 1.807) is 0 Å². The Morgan fingerprint density at radius 3 is 2.65 bits per heavy atom. The van der Waals surface area contributed by atoms with Crippen LogP contribution in [0.15, 0.2) is 33.8 Å². The van der Waals surface area contributed by atoms with Gasteiger partial charge in [-0.05, 0) is 37.7 Å². The number of benzene rings is 1. The number of nitrogens with two attached hydrogens (primary N) is 2. The summed E-state index contributed by atoms with van der Waals surface area (Å²) in [5, 5.41) is 8.39. The molecule has 0 bridgehead atoms. The van der Waals surface area contributed by atoms with Gasteiger partial charge < -0.3 is 11.1 Å². The van der Waals surface area contributed by atoms with Crippen LogP contribution < -0.4 is 16.9 Å². The van der Waals surface area contributed by atoms with Crippen molar-refractivity contribution < 1.29 is 0 Å². The fourth-order valence-electron chi connectivity index (χ4n) is 1.58. The molecule has 1 atom stereocenters. The van der Waals surface area contributed by atoms with Gasteiger partial charge in [0, 0.05) is 4.47 Å². The first kappa shape index (κ1) is 14.0. The van der Waals surface area contributed by atoms with Gasteiger partial charge in [-0.2, -0.15) is 5.10 Å². The van der Waals surface area contributed by atoms with E-state index in [4.69, 9.17) is 11.6 Å². The van der Waals surface area contributed by atoms with E-state index in [-0.39, 0.29) is 6.04 Å². The molecule has 0 aliphatic carbocycles. The number of hydrazine groups is 1. The van der Waals surface area contributed by atoms with Gasteiger partial charge in [-0.25, -0.2) is 11.0 Å². The van der Waals surface area contributed by atoms with Gasteiger partial charge in [0.15, 0.2) is 0 Å². The van der Waals surface area contributed by atoms with E-state index in [2.05, 4.69) is 26.3 Å². The summed E-state index contributed by atoms with van der Waals surface area (Å²) >= 11 is 3.41. The zero-order valence-electron chi connectivity index (χ0n) is 9.81. The van der Waals surface area contributed by atoms with Crippen LogP contribution in [0.4, 0.5) is 0 Å². The van der Waals surface area contributed by atoms with Crippen molar-refractivity contribution in [3.63, 3.8) is 0 Å². The maximum absolute atomic E-state index is 5.86. The topological polar surface area (TPSA) is 79.7 Å². The molecule has 5 N–H and O–H groups in total. The summed E-state index contributed by atoms with van der Waals surface area (Å²) in [6.45, 7) is 0.856. The first-order chi connectivity index (χ1) is 8.19. The maximum atomic E-state index is 5.86.